The van der Waals surface area contributed by atoms with Crippen LogP contribution in [0.3, 0.4) is 0 Å². The summed E-state index contributed by atoms with van der Waals surface area (Å²) in [5.74, 6) is 0.630. The summed E-state index contributed by atoms with van der Waals surface area (Å²) in [5.41, 5.74) is 1.49. The van der Waals surface area contributed by atoms with E-state index in [0.29, 0.717) is 11.6 Å². The quantitative estimate of drug-likeness (QED) is 0.810. The summed E-state index contributed by atoms with van der Waals surface area (Å²) < 4.78 is 0. The van der Waals surface area contributed by atoms with E-state index >= 15 is 0 Å². The molecule has 3 amide bonds. The first-order chi connectivity index (χ1) is 10.8. The number of rotatable bonds is 7. The number of carbonyl (C=O) groups is 2. The Morgan fingerprint density at radius 1 is 1.09 bits per heavy atom. The van der Waals surface area contributed by atoms with Gasteiger partial charge in [0.1, 0.15) is 0 Å². The van der Waals surface area contributed by atoms with Crippen LogP contribution in [-0.4, -0.2) is 37.0 Å². The number of para-hydroxylation sites is 1. The van der Waals surface area contributed by atoms with E-state index in [1.54, 1.807) is 19.0 Å². The molecule has 5 heteroatoms. The zero-order chi connectivity index (χ0) is 17.4. The lowest BCUT2D eigenvalue weighted by molar-refractivity contribution is -0.127. The fourth-order valence-electron chi connectivity index (χ4n) is 2.16. The summed E-state index contributed by atoms with van der Waals surface area (Å²) >= 11 is 0. The summed E-state index contributed by atoms with van der Waals surface area (Å²) in [7, 11) is 3.45. The number of urea groups is 1. The van der Waals surface area contributed by atoms with Crippen LogP contribution in [0, 0.1) is 5.92 Å². The lowest BCUT2D eigenvalue weighted by atomic mass is 10.0. The van der Waals surface area contributed by atoms with Gasteiger partial charge in [-0.2, -0.15) is 0 Å². The van der Waals surface area contributed by atoms with Crippen molar-refractivity contribution in [3.8, 4) is 0 Å². The van der Waals surface area contributed by atoms with Gasteiger partial charge in [-0.05, 0) is 37.3 Å². The van der Waals surface area contributed by atoms with Crippen molar-refractivity contribution in [2.24, 2.45) is 5.92 Å². The maximum absolute atomic E-state index is 12.1. The topological polar surface area (TPSA) is 61.4 Å². The molecule has 0 aliphatic rings. The minimum Gasteiger partial charge on any atom is -0.349 e. The lowest BCUT2D eigenvalue weighted by Crippen LogP contribution is -2.36. The van der Waals surface area contributed by atoms with Crippen LogP contribution >= 0.6 is 0 Å². The number of benzene rings is 1. The van der Waals surface area contributed by atoms with Crippen LogP contribution in [0.2, 0.25) is 0 Å². The molecular formula is C18H29N3O2. The molecule has 128 valence electrons. The van der Waals surface area contributed by atoms with E-state index in [1.165, 1.54) is 0 Å². The van der Waals surface area contributed by atoms with Gasteiger partial charge in [0.25, 0.3) is 0 Å². The molecule has 0 aromatic heterocycles. The monoisotopic (exact) mass is 319 g/mol. The highest BCUT2D eigenvalue weighted by Crippen LogP contribution is 2.16. The molecule has 1 aromatic rings. The maximum Gasteiger partial charge on any atom is 0.319 e. The first-order valence-electron chi connectivity index (χ1n) is 8.15. The molecule has 0 bridgehead atoms. The molecule has 0 aliphatic carbocycles. The van der Waals surface area contributed by atoms with Gasteiger partial charge in [0.2, 0.25) is 5.91 Å². The fourth-order valence-corrected chi connectivity index (χ4v) is 2.16. The standard InChI is InChI=1S/C18H29N3O2/c1-13(2)10-11-14(3)19-18(23)20-16-9-7-6-8-15(16)12-17(22)21(4)5/h6-9,13-14H,10-12H2,1-5H3,(H2,19,20,23). The Kier molecular flexibility index (Phi) is 7.59. The number of hydrogen-bond acceptors (Lipinski definition) is 2. The largest absolute Gasteiger partial charge is 0.349 e. The third-order valence-electron chi connectivity index (χ3n) is 3.66. The molecule has 1 aromatic carbocycles. The Morgan fingerprint density at radius 2 is 1.74 bits per heavy atom. The van der Waals surface area contributed by atoms with Crippen molar-refractivity contribution in [3.05, 3.63) is 29.8 Å². The molecule has 2 N–H and O–H groups in total. The SMILES string of the molecule is CC(C)CCC(C)NC(=O)Nc1ccccc1CC(=O)N(C)C. The highest BCUT2D eigenvalue weighted by molar-refractivity contribution is 5.91. The molecule has 23 heavy (non-hydrogen) atoms. The van der Waals surface area contributed by atoms with Crippen LogP contribution in [0.4, 0.5) is 10.5 Å². The zero-order valence-electron chi connectivity index (χ0n) is 14.8. The van der Waals surface area contributed by atoms with Crippen molar-refractivity contribution in [2.45, 2.75) is 46.1 Å². The van der Waals surface area contributed by atoms with E-state index in [2.05, 4.69) is 24.5 Å². The number of nitrogens with one attached hydrogen (secondary N) is 2. The van der Waals surface area contributed by atoms with Gasteiger partial charge in [-0.15, -0.1) is 0 Å². The van der Waals surface area contributed by atoms with Crippen LogP contribution in [-0.2, 0) is 11.2 Å². The Hall–Kier alpha value is -2.04. The molecule has 0 heterocycles. The summed E-state index contributed by atoms with van der Waals surface area (Å²) in [6, 6.07) is 7.28. The normalized spacial score (nSPS) is 11.9. The van der Waals surface area contributed by atoms with E-state index in [0.717, 1.165) is 18.4 Å². The van der Waals surface area contributed by atoms with Gasteiger partial charge in [0, 0.05) is 25.8 Å². The van der Waals surface area contributed by atoms with Crippen LogP contribution in [0.15, 0.2) is 24.3 Å². The summed E-state index contributed by atoms with van der Waals surface area (Å²) in [5, 5.41) is 5.79. The van der Waals surface area contributed by atoms with Gasteiger partial charge in [-0.1, -0.05) is 32.0 Å². The third-order valence-corrected chi connectivity index (χ3v) is 3.66. The number of likely N-dealkylation sites (N-methyl/N-ethyl adjacent to an activating group) is 1. The van der Waals surface area contributed by atoms with E-state index in [9.17, 15) is 9.59 Å². The average molecular weight is 319 g/mol. The van der Waals surface area contributed by atoms with Crippen molar-refractivity contribution in [3.63, 3.8) is 0 Å². The van der Waals surface area contributed by atoms with Crippen molar-refractivity contribution in [1.29, 1.82) is 0 Å². The highest BCUT2D eigenvalue weighted by atomic mass is 16.2. The van der Waals surface area contributed by atoms with Crippen molar-refractivity contribution >= 4 is 17.6 Å². The van der Waals surface area contributed by atoms with Crippen molar-refractivity contribution in [1.82, 2.24) is 10.2 Å². The summed E-state index contributed by atoms with van der Waals surface area (Å²) in [4.78, 5) is 25.5. The van der Waals surface area contributed by atoms with Gasteiger partial charge in [0.05, 0.1) is 6.42 Å². The molecule has 1 unspecified atom stereocenters. The second-order valence-corrected chi connectivity index (χ2v) is 6.59. The Bertz CT molecular complexity index is 527. The van der Waals surface area contributed by atoms with Crippen molar-refractivity contribution in [2.75, 3.05) is 19.4 Å². The zero-order valence-corrected chi connectivity index (χ0v) is 14.8. The average Bonchev–Trinajstić information content (AvgIpc) is 2.46. The molecule has 0 radical (unpaired) electrons. The summed E-state index contributed by atoms with van der Waals surface area (Å²) in [6.07, 6.45) is 2.30. The number of anilines is 1. The van der Waals surface area contributed by atoms with Crippen LogP contribution in [0.1, 0.15) is 39.2 Å². The number of nitrogens with zero attached hydrogens (tertiary/aromatic N) is 1. The van der Waals surface area contributed by atoms with E-state index in [1.807, 2.05) is 31.2 Å². The van der Waals surface area contributed by atoms with Crippen molar-refractivity contribution < 1.29 is 9.59 Å². The van der Waals surface area contributed by atoms with Gasteiger partial charge >= 0.3 is 6.03 Å². The highest BCUT2D eigenvalue weighted by Gasteiger charge is 2.13. The third kappa shape index (κ3) is 7.17. The predicted octanol–water partition coefficient (Wildman–Crippen LogP) is 3.26. The number of carbonyl (C=O) groups excluding carboxylic acids is 2. The molecule has 0 aliphatic heterocycles. The first kappa shape index (κ1) is 19.0. The first-order valence-corrected chi connectivity index (χ1v) is 8.15. The van der Waals surface area contributed by atoms with Crippen LogP contribution in [0.25, 0.3) is 0 Å². The Labute approximate surface area is 139 Å². The lowest BCUT2D eigenvalue weighted by Gasteiger charge is -2.17. The smallest absolute Gasteiger partial charge is 0.319 e. The Balaban J connectivity index is 2.62. The van der Waals surface area contributed by atoms with Gasteiger partial charge < -0.3 is 15.5 Å². The minimum absolute atomic E-state index is 0.00459. The molecule has 0 spiro atoms. The van der Waals surface area contributed by atoms with E-state index in [-0.39, 0.29) is 24.4 Å². The predicted molar refractivity (Wildman–Crippen MR) is 94.5 cm³/mol. The number of hydrogen-bond donors (Lipinski definition) is 2. The molecule has 0 saturated carbocycles. The van der Waals surface area contributed by atoms with E-state index in [4.69, 9.17) is 0 Å². The molecule has 1 rings (SSSR count). The number of amides is 3. The second kappa shape index (κ2) is 9.18. The van der Waals surface area contributed by atoms with E-state index < -0.39 is 0 Å². The van der Waals surface area contributed by atoms with Crippen LogP contribution < -0.4 is 10.6 Å². The second-order valence-electron chi connectivity index (χ2n) is 6.59. The summed E-state index contributed by atoms with van der Waals surface area (Å²) in [6.45, 7) is 6.35. The van der Waals surface area contributed by atoms with Gasteiger partial charge in [-0.25, -0.2) is 4.79 Å². The van der Waals surface area contributed by atoms with Gasteiger partial charge in [-0.3, -0.25) is 4.79 Å². The fraction of sp³-hybridized carbons (Fsp3) is 0.556. The molecule has 5 nitrogen and oxygen atoms in total. The molecule has 0 saturated heterocycles. The molecule has 0 fully saturated rings. The molecule has 1 atom stereocenters. The van der Waals surface area contributed by atoms with Crippen LogP contribution in [0.5, 0.6) is 0 Å². The molecular weight excluding hydrogens is 290 g/mol. The minimum atomic E-state index is -0.231. The maximum atomic E-state index is 12.1. The van der Waals surface area contributed by atoms with Gasteiger partial charge in [0.15, 0.2) is 0 Å². The Morgan fingerprint density at radius 3 is 2.35 bits per heavy atom.